The van der Waals surface area contributed by atoms with Gasteiger partial charge >= 0.3 is 0 Å². The molecule has 0 bridgehead atoms. The van der Waals surface area contributed by atoms with Gasteiger partial charge in [-0.05, 0) is 36.5 Å². The summed E-state index contributed by atoms with van der Waals surface area (Å²) in [5.41, 5.74) is 4.11. The number of hydrogen-bond acceptors (Lipinski definition) is 0. The molecule has 1 aromatic carbocycles. The number of rotatable bonds is 2. The van der Waals surface area contributed by atoms with Gasteiger partial charge in [-0.1, -0.05) is 58.0 Å². The van der Waals surface area contributed by atoms with E-state index in [0.717, 1.165) is 0 Å². The Kier molecular flexibility index (Phi) is 6.77. The van der Waals surface area contributed by atoms with Crippen molar-refractivity contribution in [3.8, 4) is 0 Å². The number of aryl methyl sites for hydroxylation is 1. The topological polar surface area (TPSA) is 0 Å². The minimum Gasteiger partial charge on any atom is -0.0871 e. The van der Waals surface area contributed by atoms with Crippen molar-refractivity contribution in [3.05, 3.63) is 41.0 Å². The molecule has 0 saturated heterocycles. The first-order chi connectivity index (χ1) is 7.15. The predicted octanol–water partition coefficient (Wildman–Crippen LogP) is 5.18. The minimum atomic E-state index is 0.623. The molecule has 0 radical (unpaired) electrons. The van der Waals surface area contributed by atoms with Crippen molar-refractivity contribution in [1.82, 2.24) is 0 Å². The number of hydrogen-bond donors (Lipinski definition) is 0. The normalized spacial score (nSPS) is 10.3. The van der Waals surface area contributed by atoms with Crippen LogP contribution in [0.4, 0.5) is 0 Å². The van der Waals surface area contributed by atoms with Crippen LogP contribution in [-0.2, 0) is 0 Å². The molecule has 0 heteroatoms. The van der Waals surface area contributed by atoms with Crippen molar-refractivity contribution in [2.75, 3.05) is 0 Å². The lowest BCUT2D eigenvalue weighted by Crippen LogP contribution is -1.89. The van der Waals surface area contributed by atoms with Crippen LogP contribution in [0.3, 0.4) is 0 Å². The van der Waals surface area contributed by atoms with Gasteiger partial charge in [-0.2, -0.15) is 0 Å². The van der Waals surface area contributed by atoms with Gasteiger partial charge in [-0.15, -0.1) is 0 Å². The Labute approximate surface area is 95.0 Å². The summed E-state index contributed by atoms with van der Waals surface area (Å²) in [7, 11) is 0. The third-order valence-corrected chi connectivity index (χ3v) is 2.31. The number of allylic oxidation sites excluding steroid dienone is 1. The van der Waals surface area contributed by atoms with Gasteiger partial charge in [-0.25, -0.2) is 0 Å². The molecule has 0 heterocycles. The Balaban J connectivity index is 0.000000921. The average molecular weight is 204 g/mol. The molecule has 0 aliphatic heterocycles. The first-order valence-electron chi connectivity index (χ1n) is 5.88. The maximum Gasteiger partial charge on any atom is -0.0219 e. The Bertz CT molecular complexity index is 306. The van der Waals surface area contributed by atoms with E-state index in [1.807, 2.05) is 13.8 Å². The maximum atomic E-state index is 2.28. The highest BCUT2D eigenvalue weighted by Crippen LogP contribution is 2.19. The van der Waals surface area contributed by atoms with Gasteiger partial charge < -0.3 is 0 Å². The van der Waals surface area contributed by atoms with Gasteiger partial charge in [0.2, 0.25) is 0 Å². The van der Waals surface area contributed by atoms with Crippen LogP contribution in [0.25, 0.3) is 6.08 Å². The fraction of sp³-hybridized carbons (Fsp3) is 0.467. The van der Waals surface area contributed by atoms with E-state index in [9.17, 15) is 0 Å². The van der Waals surface area contributed by atoms with Crippen molar-refractivity contribution in [2.24, 2.45) is 0 Å². The van der Waals surface area contributed by atoms with E-state index in [2.05, 4.69) is 58.0 Å². The molecular weight excluding hydrogens is 180 g/mol. The SMILES string of the molecule is C/C=C\c1ccc(C(C)C)cc1C.CC. The van der Waals surface area contributed by atoms with Crippen LogP contribution in [0.1, 0.15) is 57.2 Å². The highest BCUT2D eigenvalue weighted by atomic mass is 14.1. The second-order valence-electron chi connectivity index (χ2n) is 3.77. The zero-order valence-electron chi connectivity index (χ0n) is 11.0. The molecule has 0 nitrogen and oxygen atoms in total. The summed E-state index contributed by atoms with van der Waals surface area (Å²) in [5.74, 6) is 0.623. The van der Waals surface area contributed by atoms with Crippen molar-refractivity contribution in [3.63, 3.8) is 0 Å². The molecule has 0 aromatic heterocycles. The summed E-state index contributed by atoms with van der Waals surface area (Å²) in [6.45, 7) is 12.7. The summed E-state index contributed by atoms with van der Waals surface area (Å²) in [5, 5.41) is 0. The molecular formula is C15H24. The Morgan fingerprint density at radius 1 is 1.13 bits per heavy atom. The van der Waals surface area contributed by atoms with Crippen LogP contribution in [-0.4, -0.2) is 0 Å². The first kappa shape index (κ1) is 14.0. The van der Waals surface area contributed by atoms with Crippen molar-refractivity contribution in [2.45, 2.75) is 47.5 Å². The lowest BCUT2D eigenvalue weighted by atomic mass is 9.98. The molecule has 0 N–H and O–H groups in total. The highest BCUT2D eigenvalue weighted by molar-refractivity contribution is 5.54. The lowest BCUT2D eigenvalue weighted by Gasteiger charge is -2.08. The largest absolute Gasteiger partial charge is 0.0871 e. The summed E-state index contributed by atoms with van der Waals surface area (Å²) in [6.07, 6.45) is 4.23. The molecule has 0 aliphatic rings. The standard InChI is InChI=1S/C13H18.C2H6/c1-5-6-12-7-8-13(10(2)3)9-11(12)4;1-2/h5-10H,1-4H3;1-2H3/b6-5-;. The van der Waals surface area contributed by atoms with Gasteiger partial charge in [0, 0.05) is 0 Å². The molecule has 15 heavy (non-hydrogen) atoms. The zero-order chi connectivity index (χ0) is 11.8. The molecule has 1 rings (SSSR count). The maximum absolute atomic E-state index is 2.28. The summed E-state index contributed by atoms with van der Waals surface area (Å²) in [6, 6.07) is 6.69. The van der Waals surface area contributed by atoms with Crippen LogP contribution in [0.15, 0.2) is 24.3 Å². The van der Waals surface area contributed by atoms with Gasteiger partial charge in [0.15, 0.2) is 0 Å². The van der Waals surface area contributed by atoms with E-state index < -0.39 is 0 Å². The van der Waals surface area contributed by atoms with Crippen LogP contribution in [0.2, 0.25) is 0 Å². The van der Waals surface area contributed by atoms with Crippen LogP contribution < -0.4 is 0 Å². The molecule has 0 aliphatic carbocycles. The second-order valence-corrected chi connectivity index (χ2v) is 3.77. The van der Waals surface area contributed by atoms with E-state index in [0.29, 0.717) is 5.92 Å². The molecule has 0 fully saturated rings. The van der Waals surface area contributed by atoms with Crippen LogP contribution >= 0.6 is 0 Å². The lowest BCUT2D eigenvalue weighted by molar-refractivity contribution is 0.864. The number of benzene rings is 1. The smallest absolute Gasteiger partial charge is 0.0219 e. The van der Waals surface area contributed by atoms with Gasteiger partial charge in [0.1, 0.15) is 0 Å². The van der Waals surface area contributed by atoms with Crippen LogP contribution in [0, 0.1) is 6.92 Å². The Hall–Kier alpha value is -1.04. The minimum absolute atomic E-state index is 0.623. The molecule has 0 unspecified atom stereocenters. The summed E-state index contributed by atoms with van der Waals surface area (Å²) >= 11 is 0. The van der Waals surface area contributed by atoms with Crippen molar-refractivity contribution in [1.29, 1.82) is 0 Å². The Morgan fingerprint density at radius 2 is 1.73 bits per heavy atom. The van der Waals surface area contributed by atoms with E-state index in [1.165, 1.54) is 16.7 Å². The molecule has 0 saturated carbocycles. The summed E-state index contributed by atoms with van der Waals surface area (Å²) < 4.78 is 0. The Morgan fingerprint density at radius 3 is 2.13 bits per heavy atom. The van der Waals surface area contributed by atoms with Gasteiger partial charge in [-0.3, -0.25) is 0 Å². The van der Waals surface area contributed by atoms with E-state index in [1.54, 1.807) is 0 Å². The van der Waals surface area contributed by atoms with E-state index >= 15 is 0 Å². The monoisotopic (exact) mass is 204 g/mol. The highest BCUT2D eigenvalue weighted by Gasteiger charge is 2.00. The predicted molar refractivity (Wildman–Crippen MR) is 71.3 cm³/mol. The second kappa shape index (κ2) is 7.28. The van der Waals surface area contributed by atoms with Gasteiger partial charge in [0.25, 0.3) is 0 Å². The van der Waals surface area contributed by atoms with Gasteiger partial charge in [0.05, 0.1) is 0 Å². The summed E-state index contributed by atoms with van der Waals surface area (Å²) in [4.78, 5) is 0. The molecule has 1 aromatic rings. The first-order valence-corrected chi connectivity index (χ1v) is 5.88. The molecule has 84 valence electrons. The molecule has 0 atom stereocenters. The van der Waals surface area contributed by atoms with Crippen molar-refractivity contribution < 1.29 is 0 Å². The molecule has 0 amide bonds. The van der Waals surface area contributed by atoms with E-state index in [-0.39, 0.29) is 0 Å². The third kappa shape index (κ3) is 4.33. The van der Waals surface area contributed by atoms with E-state index in [4.69, 9.17) is 0 Å². The third-order valence-electron chi connectivity index (χ3n) is 2.31. The zero-order valence-corrected chi connectivity index (χ0v) is 11.0. The molecule has 0 spiro atoms. The fourth-order valence-corrected chi connectivity index (χ4v) is 1.42. The quantitative estimate of drug-likeness (QED) is 0.623. The van der Waals surface area contributed by atoms with Crippen molar-refractivity contribution >= 4 is 6.08 Å². The average Bonchev–Trinajstić information content (AvgIpc) is 2.24. The fourth-order valence-electron chi connectivity index (χ4n) is 1.42. The van der Waals surface area contributed by atoms with Crippen LogP contribution in [0.5, 0.6) is 0 Å².